The first-order chi connectivity index (χ1) is 11.9. The van der Waals surface area contributed by atoms with Crippen LogP contribution in [0.4, 0.5) is 10.5 Å². The fraction of sp³-hybridized carbons (Fsp3) is 0.471. The SMILES string of the molecule is CN1C(=O)N(C)C(=O)C2(Cc3ccc(Cl)cc3N3CCSC[C@H]32)C1=O. The third-order valence-corrected chi connectivity index (χ3v) is 6.73. The zero-order valence-electron chi connectivity index (χ0n) is 14.0. The smallest absolute Gasteiger partial charge is 0.332 e. The molecule has 0 radical (unpaired) electrons. The van der Waals surface area contributed by atoms with E-state index in [1.807, 2.05) is 12.1 Å². The first-order valence-electron chi connectivity index (χ1n) is 8.11. The summed E-state index contributed by atoms with van der Waals surface area (Å²) in [6.07, 6.45) is 0.293. The average molecular weight is 380 g/mol. The van der Waals surface area contributed by atoms with Crippen molar-refractivity contribution in [3.8, 4) is 0 Å². The van der Waals surface area contributed by atoms with Gasteiger partial charge in [0.05, 0.1) is 6.04 Å². The molecule has 3 aliphatic rings. The molecule has 4 rings (SSSR count). The number of amides is 4. The predicted octanol–water partition coefficient (Wildman–Crippen LogP) is 1.85. The van der Waals surface area contributed by atoms with Gasteiger partial charge >= 0.3 is 6.03 Å². The van der Waals surface area contributed by atoms with Crippen LogP contribution in [0.2, 0.25) is 5.02 Å². The van der Waals surface area contributed by atoms with Gasteiger partial charge in [-0.15, -0.1) is 0 Å². The highest BCUT2D eigenvalue weighted by molar-refractivity contribution is 7.99. The number of rotatable bonds is 0. The number of carbonyl (C=O) groups is 3. The lowest BCUT2D eigenvalue weighted by Crippen LogP contribution is -2.72. The van der Waals surface area contributed by atoms with E-state index in [0.29, 0.717) is 17.2 Å². The number of nitrogens with zero attached hydrogens (tertiary/aromatic N) is 3. The molecule has 3 heterocycles. The van der Waals surface area contributed by atoms with Gasteiger partial charge in [0.1, 0.15) is 0 Å². The van der Waals surface area contributed by atoms with Crippen LogP contribution in [-0.2, 0) is 16.0 Å². The van der Waals surface area contributed by atoms with E-state index in [4.69, 9.17) is 11.6 Å². The third-order valence-electron chi connectivity index (χ3n) is 5.47. The summed E-state index contributed by atoms with van der Waals surface area (Å²) in [5.74, 6) is 0.780. The van der Waals surface area contributed by atoms with E-state index in [1.54, 1.807) is 17.8 Å². The number of fused-ring (bicyclic) bond motifs is 4. The number of benzene rings is 1. The lowest BCUT2D eigenvalue weighted by atomic mass is 9.68. The second-order valence-corrected chi connectivity index (χ2v) is 8.30. The highest BCUT2D eigenvalue weighted by atomic mass is 35.5. The molecular weight excluding hydrogens is 362 g/mol. The molecule has 2 saturated heterocycles. The second kappa shape index (κ2) is 5.64. The molecule has 1 atom stereocenters. The monoisotopic (exact) mass is 379 g/mol. The molecule has 0 unspecified atom stereocenters. The fourth-order valence-corrected chi connectivity index (χ4v) is 5.54. The summed E-state index contributed by atoms with van der Waals surface area (Å²) in [5.41, 5.74) is 0.655. The van der Waals surface area contributed by atoms with Gasteiger partial charge in [-0.25, -0.2) is 4.79 Å². The highest BCUT2D eigenvalue weighted by Crippen LogP contribution is 2.48. The summed E-state index contributed by atoms with van der Waals surface area (Å²) >= 11 is 7.91. The Labute approximate surface area is 155 Å². The Kier molecular flexibility index (Phi) is 3.77. The first-order valence-corrected chi connectivity index (χ1v) is 9.64. The van der Waals surface area contributed by atoms with Crippen molar-refractivity contribution >= 4 is 46.9 Å². The topological polar surface area (TPSA) is 60.9 Å². The van der Waals surface area contributed by atoms with Gasteiger partial charge in [0.2, 0.25) is 11.8 Å². The normalized spacial score (nSPS) is 25.3. The molecule has 3 aliphatic heterocycles. The predicted molar refractivity (Wildman–Crippen MR) is 97.0 cm³/mol. The van der Waals surface area contributed by atoms with Crippen molar-refractivity contribution in [3.05, 3.63) is 28.8 Å². The fourth-order valence-electron chi connectivity index (χ4n) is 4.20. The van der Waals surface area contributed by atoms with Crippen LogP contribution in [0.25, 0.3) is 0 Å². The van der Waals surface area contributed by atoms with E-state index >= 15 is 0 Å². The molecule has 1 aromatic carbocycles. The number of barbiturate groups is 1. The van der Waals surface area contributed by atoms with Gasteiger partial charge in [0.15, 0.2) is 5.41 Å². The van der Waals surface area contributed by atoms with Gasteiger partial charge in [0.25, 0.3) is 0 Å². The Morgan fingerprint density at radius 3 is 2.52 bits per heavy atom. The van der Waals surface area contributed by atoms with Crippen LogP contribution in [0.3, 0.4) is 0 Å². The van der Waals surface area contributed by atoms with Gasteiger partial charge < -0.3 is 4.90 Å². The van der Waals surface area contributed by atoms with Crippen molar-refractivity contribution in [1.82, 2.24) is 9.80 Å². The summed E-state index contributed by atoms with van der Waals surface area (Å²) in [7, 11) is 2.90. The Bertz CT molecular complexity index is 775. The number of imide groups is 2. The molecule has 4 amide bonds. The van der Waals surface area contributed by atoms with Crippen molar-refractivity contribution < 1.29 is 14.4 Å². The average Bonchev–Trinajstić information content (AvgIpc) is 2.63. The highest BCUT2D eigenvalue weighted by Gasteiger charge is 2.63. The van der Waals surface area contributed by atoms with Crippen molar-refractivity contribution in [2.45, 2.75) is 12.5 Å². The van der Waals surface area contributed by atoms with E-state index in [1.165, 1.54) is 14.1 Å². The Hall–Kier alpha value is -1.73. The quantitative estimate of drug-likeness (QED) is 0.644. The van der Waals surface area contributed by atoms with Crippen molar-refractivity contribution in [2.75, 3.05) is 37.0 Å². The lowest BCUT2D eigenvalue weighted by Gasteiger charge is -2.54. The summed E-state index contributed by atoms with van der Waals surface area (Å²) < 4.78 is 0. The third kappa shape index (κ3) is 2.15. The molecule has 0 saturated carbocycles. The maximum atomic E-state index is 13.2. The summed E-state index contributed by atoms with van der Waals surface area (Å²) in [4.78, 5) is 42.9. The molecule has 0 N–H and O–H groups in total. The molecule has 1 spiro atoms. The number of urea groups is 1. The van der Waals surface area contributed by atoms with E-state index < -0.39 is 23.3 Å². The minimum atomic E-state index is -1.26. The van der Waals surface area contributed by atoms with Crippen molar-refractivity contribution in [3.63, 3.8) is 0 Å². The van der Waals surface area contributed by atoms with Crippen molar-refractivity contribution in [1.29, 1.82) is 0 Å². The van der Waals surface area contributed by atoms with Gasteiger partial charge in [0, 0.05) is 42.9 Å². The summed E-state index contributed by atoms with van der Waals surface area (Å²) in [6, 6.07) is 4.72. The minimum absolute atomic E-state index is 0.282. The maximum absolute atomic E-state index is 13.2. The first kappa shape index (κ1) is 16.7. The molecule has 0 bridgehead atoms. The Balaban J connectivity index is 1.92. The summed E-state index contributed by atoms with van der Waals surface area (Å²) in [5, 5.41) is 0.636. The van der Waals surface area contributed by atoms with Crippen LogP contribution in [0.15, 0.2) is 18.2 Å². The molecule has 2 fully saturated rings. The number of thioether (sulfide) groups is 1. The maximum Gasteiger partial charge on any atom is 0.332 e. The largest absolute Gasteiger partial charge is 0.365 e. The Morgan fingerprint density at radius 2 is 1.84 bits per heavy atom. The number of halogens is 1. The Morgan fingerprint density at radius 1 is 1.16 bits per heavy atom. The van der Waals surface area contributed by atoms with E-state index in [-0.39, 0.29) is 6.04 Å². The van der Waals surface area contributed by atoms with Gasteiger partial charge in [-0.05, 0) is 24.1 Å². The zero-order chi connectivity index (χ0) is 17.9. The zero-order valence-corrected chi connectivity index (χ0v) is 15.6. The van der Waals surface area contributed by atoms with Gasteiger partial charge in [-0.3, -0.25) is 19.4 Å². The van der Waals surface area contributed by atoms with Crippen LogP contribution in [0.5, 0.6) is 0 Å². The number of hydrogen-bond donors (Lipinski definition) is 0. The van der Waals surface area contributed by atoms with E-state index in [9.17, 15) is 14.4 Å². The number of anilines is 1. The molecule has 0 aliphatic carbocycles. The van der Waals surface area contributed by atoms with Crippen LogP contribution < -0.4 is 4.90 Å². The van der Waals surface area contributed by atoms with E-state index in [0.717, 1.165) is 33.3 Å². The molecule has 8 heteroatoms. The van der Waals surface area contributed by atoms with Crippen LogP contribution in [0.1, 0.15) is 5.56 Å². The number of hydrogen-bond acceptors (Lipinski definition) is 5. The minimum Gasteiger partial charge on any atom is -0.365 e. The van der Waals surface area contributed by atoms with Crippen LogP contribution in [0, 0.1) is 5.41 Å². The van der Waals surface area contributed by atoms with Crippen molar-refractivity contribution in [2.24, 2.45) is 5.41 Å². The molecule has 132 valence electrons. The summed E-state index contributed by atoms with van der Waals surface area (Å²) in [6.45, 7) is 0.742. The molecule has 1 aromatic rings. The molecule has 0 aromatic heterocycles. The molecular formula is C17H18ClN3O3S. The van der Waals surface area contributed by atoms with E-state index in [2.05, 4.69) is 4.90 Å². The second-order valence-electron chi connectivity index (χ2n) is 6.72. The van der Waals surface area contributed by atoms with Gasteiger partial charge in [-0.1, -0.05) is 17.7 Å². The molecule has 6 nitrogen and oxygen atoms in total. The molecule has 25 heavy (non-hydrogen) atoms. The van der Waals surface area contributed by atoms with Gasteiger partial charge in [-0.2, -0.15) is 11.8 Å². The lowest BCUT2D eigenvalue weighted by molar-refractivity contribution is -0.158. The van der Waals surface area contributed by atoms with Crippen LogP contribution in [-0.4, -0.2) is 65.8 Å². The van der Waals surface area contributed by atoms with Crippen LogP contribution >= 0.6 is 23.4 Å². The number of carbonyl (C=O) groups excluding carboxylic acids is 3. The standard InChI is InChI=1S/C17H18ClN3O3S/c1-19-14(22)17(15(23)20(2)16(19)24)8-10-3-4-11(18)7-12(10)21-5-6-25-9-13(17)21/h3-4,7,13H,5-6,8-9H2,1-2H3/t13-/m0/s1.